The first kappa shape index (κ1) is 15.7. The van der Waals surface area contributed by atoms with Crippen molar-refractivity contribution in [3.05, 3.63) is 42.0 Å². The Morgan fingerprint density at radius 1 is 1.52 bits per heavy atom. The fourth-order valence-corrected chi connectivity index (χ4v) is 2.34. The van der Waals surface area contributed by atoms with E-state index in [4.69, 9.17) is 9.47 Å². The van der Waals surface area contributed by atoms with Gasteiger partial charge >= 0.3 is 5.97 Å². The number of carbonyl (C=O) groups excluding carboxylic acids is 1. The molecular formula is C17H23NO3. The van der Waals surface area contributed by atoms with E-state index in [0.29, 0.717) is 26.2 Å². The number of benzene rings is 1. The molecule has 21 heavy (non-hydrogen) atoms. The van der Waals surface area contributed by atoms with Crippen LogP contribution in [0.4, 0.5) is 0 Å². The number of ether oxygens (including phenoxy) is 2. The largest absolute Gasteiger partial charge is 0.465 e. The van der Waals surface area contributed by atoms with Crippen LogP contribution < -0.4 is 5.32 Å². The van der Waals surface area contributed by atoms with Crippen LogP contribution >= 0.6 is 0 Å². The second-order valence-electron chi connectivity index (χ2n) is 5.25. The Morgan fingerprint density at radius 3 is 3.14 bits per heavy atom. The lowest BCUT2D eigenvalue weighted by molar-refractivity contribution is -0.146. The average Bonchev–Trinajstić information content (AvgIpc) is 3.00. The summed E-state index contributed by atoms with van der Waals surface area (Å²) >= 11 is 0. The molecule has 1 aliphatic heterocycles. The van der Waals surface area contributed by atoms with Gasteiger partial charge in [0.2, 0.25) is 0 Å². The van der Waals surface area contributed by atoms with E-state index in [1.807, 2.05) is 31.2 Å². The Hall–Kier alpha value is -1.65. The lowest BCUT2D eigenvalue weighted by Gasteiger charge is -2.12. The first-order valence-electron chi connectivity index (χ1n) is 7.46. The van der Waals surface area contributed by atoms with Crippen LogP contribution in [-0.2, 0) is 20.9 Å². The number of rotatable bonds is 7. The lowest BCUT2D eigenvalue weighted by atomic mass is 10.1. The number of esters is 1. The van der Waals surface area contributed by atoms with Crippen molar-refractivity contribution < 1.29 is 14.3 Å². The van der Waals surface area contributed by atoms with Gasteiger partial charge in [-0.05, 0) is 23.6 Å². The Balaban J connectivity index is 1.77. The van der Waals surface area contributed by atoms with Crippen molar-refractivity contribution in [2.24, 2.45) is 0 Å². The van der Waals surface area contributed by atoms with Crippen LogP contribution in [0.2, 0.25) is 0 Å². The molecule has 1 aromatic rings. The average molecular weight is 289 g/mol. The minimum absolute atomic E-state index is 0.0524. The molecule has 2 rings (SSSR count). The highest BCUT2D eigenvalue weighted by atomic mass is 16.5. The van der Waals surface area contributed by atoms with Crippen LogP contribution in [0.3, 0.4) is 0 Å². The molecule has 1 fully saturated rings. The number of hydrogen-bond acceptors (Lipinski definition) is 4. The van der Waals surface area contributed by atoms with E-state index in [2.05, 4.69) is 18.0 Å². The first-order chi connectivity index (χ1) is 10.2. The van der Waals surface area contributed by atoms with E-state index < -0.39 is 0 Å². The molecule has 0 unspecified atom stereocenters. The molecule has 0 saturated carbocycles. The Kier molecular flexibility index (Phi) is 5.96. The fraction of sp³-hybridized carbons (Fsp3) is 0.471. The molecule has 0 aromatic heterocycles. The smallest absolute Gasteiger partial charge is 0.323 e. The summed E-state index contributed by atoms with van der Waals surface area (Å²) in [6.07, 6.45) is 3.39. The lowest BCUT2D eigenvalue weighted by Crippen LogP contribution is -2.32. The van der Waals surface area contributed by atoms with Gasteiger partial charge in [0.1, 0.15) is 6.04 Å². The highest BCUT2D eigenvalue weighted by Crippen LogP contribution is 2.15. The van der Waals surface area contributed by atoms with Gasteiger partial charge in [-0.25, -0.2) is 0 Å². The van der Waals surface area contributed by atoms with E-state index in [-0.39, 0.29) is 18.1 Å². The van der Waals surface area contributed by atoms with Gasteiger partial charge in [0.05, 0.1) is 19.3 Å². The zero-order chi connectivity index (χ0) is 15.1. The highest BCUT2D eigenvalue weighted by molar-refractivity contribution is 5.76. The highest BCUT2D eigenvalue weighted by Gasteiger charge is 2.30. The van der Waals surface area contributed by atoms with Gasteiger partial charge in [0.25, 0.3) is 0 Å². The molecule has 0 aliphatic carbocycles. The van der Waals surface area contributed by atoms with E-state index in [1.165, 1.54) is 0 Å². The first-order valence-corrected chi connectivity index (χ1v) is 7.46. The van der Waals surface area contributed by atoms with Crippen molar-refractivity contribution in [1.82, 2.24) is 5.32 Å². The monoisotopic (exact) mass is 289 g/mol. The van der Waals surface area contributed by atoms with Crippen molar-refractivity contribution in [2.75, 3.05) is 13.2 Å². The second-order valence-corrected chi connectivity index (χ2v) is 5.25. The number of carbonyl (C=O) groups is 1. The number of hydrogen-bond donors (Lipinski definition) is 1. The molecule has 0 amide bonds. The van der Waals surface area contributed by atoms with Gasteiger partial charge in [0.15, 0.2) is 0 Å². The third-order valence-electron chi connectivity index (χ3n) is 3.50. The SMILES string of the molecule is C=Cc1cccc(CO[C@H]2CN[C@H](C(=O)OCCC)C2)c1. The van der Waals surface area contributed by atoms with E-state index >= 15 is 0 Å². The minimum Gasteiger partial charge on any atom is -0.465 e. The Labute approximate surface area is 126 Å². The Morgan fingerprint density at radius 2 is 2.38 bits per heavy atom. The molecule has 4 heteroatoms. The van der Waals surface area contributed by atoms with E-state index in [9.17, 15) is 4.79 Å². The summed E-state index contributed by atoms with van der Waals surface area (Å²) in [4.78, 5) is 11.8. The summed E-state index contributed by atoms with van der Waals surface area (Å²) in [5, 5.41) is 3.16. The van der Waals surface area contributed by atoms with Crippen LogP contribution in [0.1, 0.15) is 30.9 Å². The molecule has 114 valence electrons. The van der Waals surface area contributed by atoms with Gasteiger partial charge in [-0.2, -0.15) is 0 Å². The van der Waals surface area contributed by atoms with Crippen LogP contribution in [0.15, 0.2) is 30.8 Å². The third kappa shape index (κ3) is 4.69. The van der Waals surface area contributed by atoms with Crippen LogP contribution in [0.25, 0.3) is 6.08 Å². The van der Waals surface area contributed by atoms with Gasteiger partial charge < -0.3 is 14.8 Å². The summed E-state index contributed by atoms with van der Waals surface area (Å²) in [6, 6.07) is 7.85. The quantitative estimate of drug-likeness (QED) is 0.784. The molecule has 0 spiro atoms. The molecule has 1 aliphatic rings. The van der Waals surface area contributed by atoms with Crippen molar-refractivity contribution in [2.45, 2.75) is 38.5 Å². The molecular weight excluding hydrogens is 266 g/mol. The minimum atomic E-state index is -0.235. The molecule has 2 atom stereocenters. The van der Waals surface area contributed by atoms with Gasteiger partial charge in [-0.15, -0.1) is 0 Å². The van der Waals surface area contributed by atoms with Crippen LogP contribution in [0, 0.1) is 0 Å². The maximum atomic E-state index is 11.8. The zero-order valence-corrected chi connectivity index (χ0v) is 12.5. The van der Waals surface area contributed by atoms with Gasteiger partial charge in [0, 0.05) is 13.0 Å². The molecule has 1 aromatic carbocycles. The normalized spacial score (nSPS) is 21.2. The van der Waals surface area contributed by atoms with Crippen molar-refractivity contribution in [3.8, 4) is 0 Å². The third-order valence-corrected chi connectivity index (χ3v) is 3.50. The molecule has 1 N–H and O–H groups in total. The molecule has 0 bridgehead atoms. The predicted octanol–water partition coefficient (Wildman–Crippen LogP) is 2.53. The molecule has 1 saturated heterocycles. The van der Waals surface area contributed by atoms with Crippen molar-refractivity contribution in [3.63, 3.8) is 0 Å². The molecule has 4 nitrogen and oxygen atoms in total. The Bertz CT molecular complexity index is 487. The van der Waals surface area contributed by atoms with Crippen LogP contribution in [0.5, 0.6) is 0 Å². The van der Waals surface area contributed by atoms with Crippen molar-refractivity contribution >= 4 is 12.0 Å². The fourth-order valence-electron chi connectivity index (χ4n) is 2.34. The summed E-state index contributed by atoms with van der Waals surface area (Å²) in [5.41, 5.74) is 2.20. The summed E-state index contributed by atoms with van der Waals surface area (Å²) < 4.78 is 11.0. The maximum Gasteiger partial charge on any atom is 0.323 e. The number of nitrogens with one attached hydrogen (secondary N) is 1. The maximum absolute atomic E-state index is 11.8. The summed E-state index contributed by atoms with van der Waals surface area (Å²) in [6.45, 7) is 7.46. The summed E-state index contributed by atoms with van der Waals surface area (Å²) in [7, 11) is 0. The molecule has 0 radical (unpaired) electrons. The standard InChI is InChI=1S/C17H23NO3/c1-3-8-20-17(19)16-10-15(11-18-16)21-12-14-7-5-6-13(4-2)9-14/h4-7,9,15-16,18H,2-3,8,10-12H2,1H3/t15-,16+/m1/s1. The van der Waals surface area contributed by atoms with E-state index in [0.717, 1.165) is 17.5 Å². The van der Waals surface area contributed by atoms with Gasteiger partial charge in [-0.1, -0.05) is 37.8 Å². The van der Waals surface area contributed by atoms with Gasteiger partial charge in [-0.3, -0.25) is 4.79 Å². The van der Waals surface area contributed by atoms with E-state index in [1.54, 1.807) is 0 Å². The zero-order valence-electron chi connectivity index (χ0n) is 12.5. The topological polar surface area (TPSA) is 47.6 Å². The predicted molar refractivity (Wildman–Crippen MR) is 82.8 cm³/mol. The van der Waals surface area contributed by atoms with Crippen molar-refractivity contribution in [1.29, 1.82) is 0 Å². The molecule has 1 heterocycles. The summed E-state index contributed by atoms with van der Waals surface area (Å²) in [5.74, 6) is -0.170. The van der Waals surface area contributed by atoms with Crippen LogP contribution in [-0.4, -0.2) is 31.3 Å². The second kappa shape index (κ2) is 7.96.